The van der Waals surface area contributed by atoms with E-state index in [4.69, 9.17) is 14.5 Å². The lowest BCUT2D eigenvalue weighted by Crippen LogP contribution is -2.42. The zero-order valence-corrected chi connectivity index (χ0v) is 14.4. The third kappa shape index (κ3) is 5.83. The van der Waals surface area contributed by atoms with Crippen LogP contribution in [-0.4, -0.2) is 52.4 Å². The normalized spacial score (nSPS) is 18.3. The van der Waals surface area contributed by atoms with Crippen molar-refractivity contribution in [1.29, 1.82) is 0 Å². The fraction of sp³-hybridized carbons (Fsp3) is 0.875. The summed E-state index contributed by atoms with van der Waals surface area (Å²) in [6.45, 7) is 6.78. The number of hydrogen-bond acceptors (Lipinski definition) is 4. The fourth-order valence-corrected chi connectivity index (χ4v) is 2.61. The lowest BCUT2D eigenvalue weighted by Gasteiger charge is -2.40. The molecule has 6 heteroatoms. The van der Waals surface area contributed by atoms with Crippen LogP contribution in [0.2, 0.25) is 0 Å². The van der Waals surface area contributed by atoms with Crippen LogP contribution in [0.25, 0.3) is 0 Å². The van der Waals surface area contributed by atoms with E-state index in [1.165, 1.54) is 26.4 Å². The van der Waals surface area contributed by atoms with Gasteiger partial charge in [0.1, 0.15) is 0 Å². The van der Waals surface area contributed by atoms with Crippen LogP contribution in [-0.2, 0) is 14.3 Å². The molecule has 0 bridgehead atoms. The van der Waals surface area contributed by atoms with Crippen LogP contribution in [0.1, 0.15) is 39.5 Å². The number of esters is 1. The number of ether oxygens (including phenoxy) is 2. The Labute approximate surface area is 134 Å². The van der Waals surface area contributed by atoms with E-state index in [1.54, 1.807) is 7.11 Å². The maximum Gasteiger partial charge on any atom is 0.310 e. The quantitative estimate of drug-likeness (QED) is 0.384. The largest absolute Gasteiger partial charge is 0.469 e. The molecule has 1 saturated carbocycles. The Balaban J connectivity index is 2.52. The number of hydrogen-bond donors (Lipinski definition) is 2. The summed E-state index contributed by atoms with van der Waals surface area (Å²) >= 11 is 0. The number of methoxy groups -OCH3 is 2. The summed E-state index contributed by atoms with van der Waals surface area (Å²) in [4.78, 5) is 16.1. The van der Waals surface area contributed by atoms with Gasteiger partial charge in [0, 0.05) is 33.4 Å². The first kappa shape index (κ1) is 18.7. The van der Waals surface area contributed by atoms with Crippen LogP contribution in [0.15, 0.2) is 4.99 Å². The average Bonchev–Trinajstić information content (AvgIpc) is 2.49. The lowest BCUT2D eigenvalue weighted by atomic mass is 9.67. The molecule has 0 heterocycles. The van der Waals surface area contributed by atoms with Crippen molar-refractivity contribution in [2.24, 2.45) is 16.3 Å². The minimum atomic E-state index is -0.209. The van der Waals surface area contributed by atoms with E-state index >= 15 is 0 Å². The van der Waals surface area contributed by atoms with Crippen LogP contribution in [0, 0.1) is 11.3 Å². The number of carbonyl (C=O) groups is 1. The summed E-state index contributed by atoms with van der Waals surface area (Å²) in [6, 6.07) is 0. The SMILES string of the molecule is CCNC(=NCC1(CCOC)CCC1)NCC(C)C(=O)OC. The molecule has 1 fully saturated rings. The molecule has 0 aliphatic heterocycles. The van der Waals surface area contributed by atoms with Gasteiger partial charge in [0.2, 0.25) is 0 Å². The smallest absolute Gasteiger partial charge is 0.310 e. The molecule has 0 radical (unpaired) electrons. The second-order valence-corrected chi connectivity index (χ2v) is 6.10. The average molecular weight is 313 g/mol. The molecule has 1 unspecified atom stereocenters. The monoisotopic (exact) mass is 313 g/mol. The molecule has 0 spiro atoms. The number of carbonyl (C=O) groups excluding carboxylic acids is 1. The van der Waals surface area contributed by atoms with Crippen molar-refractivity contribution in [3.05, 3.63) is 0 Å². The Bertz CT molecular complexity index is 368. The molecule has 1 rings (SSSR count). The molecule has 2 N–H and O–H groups in total. The summed E-state index contributed by atoms with van der Waals surface area (Å²) < 4.78 is 9.95. The molecule has 1 aliphatic carbocycles. The molecule has 128 valence electrons. The summed E-state index contributed by atoms with van der Waals surface area (Å²) in [7, 11) is 3.16. The van der Waals surface area contributed by atoms with Crippen molar-refractivity contribution < 1.29 is 14.3 Å². The fourth-order valence-electron chi connectivity index (χ4n) is 2.61. The summed E-state index contributed by atoms with van der Waals surface area (Å²) in [5, 5.41) is 6.45. The van der Waals surface area contributed by atoms with Gasteiger partial charge in [-0.3, -0.25) is 9.79 Å². The molecular weight excluding hydrogens is 282 g/mol. The van der Waals surface area contributed by atoms with Gasteiger partial charge in [-0.15, -0.1) is 0 Å². The van der Waals surface area contributed by atoms with E-state index in [0.717, 1.165) is 32.1 Å². The van der Waals surface area contributed by atoms with Crippen LogP contribution >= 0.6 is 0 Å². The van der Waals surface area contributed by atoms with Crippen LogP contribution in [0.3, 0.4) is 0 Å². The van der Waals surface area contributed by atoms with Crippen molar-refractivity contribution in [3.8, 4) is 0 Å². The van der Waals surface area contributed by atoms with Gasteiger partial charge in [-0.1, -0.05) is 13.3 Å². The molecule has 0 aromatic carbocycles. The third-order valence-corrected chi connectivity index (χ3v) is 4.35. The number of rotatable bonds is 9. The molecule has 0 amide bonds. The van der Waals surface area contributed by atoms with E-state index in [1.807, 2.05) is 13.8 Å². The third-order valence-electron chi connectivity index (χ3n) is 4.35. The molecular formula is C16H31N3O3. The van der Waals surface area contributed by atoms with Crippen LogP contribution in [0.4, 0.5) is 0 Å². The van der Waals surface area contributed by atoms with Crippen molar-refractivity contribution in [2.75, 3.05) is 40.5 Å². The highest BCUT2D eigenvalue weighted by molar-refractivity contribution is 5.80. The van der Waals surface area contributed by atoms with Crippen molar-refractivity contribution in [2.45, 2.75) is 39.5 Å². The van der Waals surface area contributed by atoms with Crippen LogP contribution in [0.5, 0.6) is 0 Å². The summed E-state index contributed by atoms with van der Waals surface area (Å²) in [5.74, 6) is 0.362. The minimum Gasteiger partial charge on any atom is -0.469 e. The van der Waals surface area contributed by atoms with Gasteiger partial charge in [-0.05, 0) is 31.6 Å². The molecule has 0 aromatic heterocycles. The van der Waals surface area contributed by atoms with Crippen molar-refractivity contribution >= 4 is 11.9 Å². The lowest BCUT2D eigenvalue weighted by molar-refractivity contribution is -0.144. The van der Waals surface area contributed by atoms with Crippen molar-refractivity contribution in [1.82, 2.24) is 10.6 Å². The van der Waals surface area contributed by atoms with E-state index in [2.05, 4.69) is 10.6 Å². The topological polar surface area (TPSA) is 72.0 Å². The first-order chi connectivity index (χ1) is 10.6. The molecule has 1 aliphatic rings. The number of guanidine groups is 1. The van der Waals surface area contributed by atoms with Gasteiger partial charge in [-0.25, -0.2) is 0 Å². The van der Waals surface area contributed by atoms with E-state index in [0.29, 0.717) is 12.0 Å². The molecule has 22 heavy (non-hydrogen) atoms. The first-order valence-corrected chi connectivity index (χ1v) is 8.16. The van der Waals surface area contributed by atoms with Gasteiger partial charge in [0.05, 0.1) is 13.0 Å². The molecule has 0 aromatic rings. The molecule has 1 atom stereocenters. The number of aliphatic imine (C=N–C) groups is 1. The Morgan fingerprint density at radius 2 is 2.05 bits per heavy atom. The van der Waals surface area contributed by atoms with Gasteiger partial charge in [-0.2, -0.15) is 0 Å². The van der Waals surface area contributed by atoms with Gasteiger partial charge >= 0.3 is 5.97 Å². The van der Waals surface area contributed by atoms with Gasteiger partial charge < -0.3 is 20.1 Å². The van der Waals surface area contributed by atoms with Crippen LogP contribution < -0.4 is 10.6 Å². The highest BCUT2D eigenvalue weighted by atomic mass is 16.5. The Hall–Kier alpha value is -1.30. The van der Waals surface area contributed by atoms with Gasteiger partial charge in [0.15, 0.2) is 5.96 Å². The predicted octanol–water partition coefficient (Wildman–Crippen LogP) is 1.56. The van der Waals surface area contributed by atoms with E-state index < -0.39 is 0 Å². The zero-order chi connectivity index (χ0) is 16.4. The highest BCUT2D eigenvalue weighted by Crippen LogP contribution is 2.44. The van der Waals surface area contributed by atoms with Crippen molar-refractivity contribution in [3.63, 3.8) is 0 Å². The maximum absolute atomic E-state index is 11.4. The zero-order valence-electron chi connectivity index (χ0n) is 14.4. The first-order valence-electron chi connectivity index (χ1n) is 8.16. The number of nitrogens with zero attached hydrogens (tertiary/aromatic N) is 1. The highest BCUT2D eigenvalue weighted by Gasteiger charge is 2.36. The minimum absolute atomic E-state index is 0.194. The number of nitrogens with one attached hydrogen (secondary N) is 2. The second-order valence-electron chi connectivity index (χ2n) is 6.10. The second kappa shape index (κ2) is 9.66. The van der Waals surface area contributed by atoms with Gasteiger partial charge in [0.25, 0.3) is 0 Å². The summed E-state index contributed by atoms with van der Waals surface area (Å²) in [5.41, 5.74) is 0.298. The Morgan fingerprint density at radius 1 is 1.32 bits per heavy atom. The predicted molar refractivity (Wildman–Crippen MR) is 87.9 cm³/mol. The Kier molecular flexibility index (Phi) is 8.24. The van der Waals surface area contributed by atoms with E-state index in [-0.39, 0.29) is 11.9 Å². The standard InChI is InChI=1S/C16H31N3O3/c1-5-17-15(18-11-13(2)14(20)22-4)19-12-16(7-6-8-16)9-10-21-3/h13H,5-12H2,1-4H3,(H2,17,18,19). The van der Waals surface area contributed by atoms with E-state index in [9.17, 15) is 4.79 Å². The summed E-state index contributed by atoms with van der Waals surface area (Å²) in [6.07, 6.45) is 4.78. The molecule has 6 nitrogen and oxygen atoms in total. The Morgan fingerprint density at radius 3 is 2.55 bits per heavy atom. The molecule has 0 saturated heterocycles. The maximum atomic E-state index is 11.4.